The number of benzene rings is 1. The van der Waals surface area contributed by atoms with Crippen LogP contribution in [0.25, 0.3) is 0 Å². The summed E-state index contributed by atoms with van der Waals surface area (Å²) >= 11 is 5.85. The van der Waals surface area contributed by atoms with Gasteiger partial charge in [-0.3, -0.25) is 15.1 Å². The predicted molar refractivity (Wildman–Crippen MR) is 110 cm³/mol. The predicted octanol–water partition coefficient (Wildman–Crippen LogP) is 1.61. The van der Waals surface area contributed by atoms with E-state index in [0.717, 1.165) is 44.6 Å². The molecule has 0 spiro atoms. The van der Waals surface area contributed by atoms with E-state index in [1.54, 1.807) is 6.07 Å². The van der Waals surface area contributed by atoms with Crippen molar-refractivity contribution in [3.05, 3.63) is 34.6 Å². The quantitative estimate of drug-likeness (QED) is 0.582. The molecule has 3 aliphatic heterocycles. The van der Waals surface area contributed by atoms with Gasteiger partial charge in [-0.1, -0.05) is 24.6 Å². The van der Waals surface area contributed by atoms with E-state index in [4.69, 9.17) is 11.6 Å². The van der Waals surface area contributed by atoms with E-state index in [1.165, 1.54) is 6.07 Å². The van der Waals surface area contributed by atoms with E-state index in [1.807, 2.05) is 6.07 Å². The number of carbonyl (C=O) groups is 1. The van der Waals surface area contributed by atoms with Crippen LogP contribution in [0.2, 0.25) is 5.02 Å². The highest BCUT2D eigenvalue weighted by Crippen LogP contribution is 2.34. The molecular formula is C19H28Cl2FN5O. The van der Waals surface area contributed by atoms with Gasteiger partial charge in [-0.05, 0) is 43.6 Å². The lowest BCUT2D eigenvalue weighted by Crippen LogP contribution is -2.52. The van der Waals surface area contributed by atoms with Crippen LogP contribution in [0.3, 0.4) is 0 Å². The van der Waals surface area contributed by atoms with Crippen molar-refractivity contribution >= 4 is 29.9 Å². The lowest BCUT2D eigenvalue weighted by atomic mass is 9.88. The maximum Gasteiger partial charge on any atom is 0.239 e. The number of fused-ring (bicyclic) bond motifs is 1. The summed E-state index contributed by atoms with van der Waals surface area (Å²) < 4.78 is 14.0. The fourth-order valence-corrected chi connectivity index (χ4v) is 4.87. The Morgan fingerprint density at radius 3 is 2.93 bits per heavy atom. The highest BCUT2D eigenvalue weighted by atomic mass is 35.5. The molecule has 6 nitrogen and oxygen atoms in total. The third kappa shape index (κ3) is 4.15. The van der Waals surface area contributed by atoms with Crippen LogP contribution in [0.1, 0.15) is 31.4 Å². The zero-order valence-electron chi connectivity index (χ0n) is 15.9. The third-order valence-corrected chi connectivity index (χ3v) is 6.49. The van der Waals surface area contributed by atoms with Crippen molar-refractivity contribution in [3.63, 3.8) is 0 Å². The minimum Gasteiger partial charge on any atom is -0.350 e. The van der Waals surface area contributed by atoms with Gasteiger partial charge in [-0.15, -0.1) is 12.4 Å². The highest BCUT2D eigenvalue weighted by molar-refractivity contribution is 6.30. The van der Waals surface area contributed by atoms with Crippen LogP contribution in [-0.4, -0.2) is 55.1 Å². The van der Waals surface area contributed by atoms with Crippen molar-refractivity contribution in [1.82, 2.24) is 26.4 Å². The Bertz CT molecular complexity index is 709. The summed E-state index contributed by atoms with van der Waals surface area (Å²) in [6, 6.07) is 4.95. The first kappa shape index (κ1) is 21.7. The summed E-state index contributed by atoms with van der Waals surface area (Å²) in [4.78, 5) is 15.3. The molecule has 0 radical (unpaired) electrons. The Morgan fingerprint density at radius 1 is 1.36 bits per heavy atom. The summed E-state index contributed by atoms with van der Waals surface area (Å²) in [5.41, 5.74) is 7.30. The zero-order chi connectivity index (χ0) is 19.0. The minimum absolute atomic E-state index is 0. The summed E-state index contributed by atoms with van der Waals surface area (Å²) in [6.07, 6.45) is 1.86. The third-order valence-electron chi connectivity index (χ3n) is 6.18. The Hall–Kier alpha value is -0.960. The van der Waals surface area contributed by atoms with Crippen molar-refractivity contribution in [2.24, 2.45) is 5.92 Å². The van der Waals surface area contributed by atoms with Crippen molar-refractivity contribution in [1.29, 1.82) is 0 Å². The highest BCUT2D eigenvalue weighted by Gasteiger charge is 2.43. The van der Waals surface area contributed by atoms with Gasteiger partial charge in [0.2, 0.25) is 5.91 Å². The Morgan fingerprint density at radius 2 is 2.18 bits per heavy atom. The van der Waals surface area contributed by atoms with Crippen LogP contribution in [0, 0.1) is 11.7 Å². The second kappa shape index (κ2) is 9.24. The van der Waals surface area contributed by atoms with Gasteiger partial charge in [-0.2, -0.15) is 0 Å². The van der Waals surface area contributed by atoms with Crippen LogP contribution in [0.15, 0.2) is 18.2 Å². The van der Waals surface area contributed by atoms with E-state index in [-0.39, 0.29) is 47.4 Å². The van der Waals surface area contributed by atoms with E-state index in [9.17, 15) is 9.18 Å². The summed E-state index contributed by atoms with van der Waals surface area (Å²) in [7, 11) is 0. The van der Waals surface area contributed by atoms with E-state index < -0.39 is 5.82 Å². The molecule has 3 heterocycles. The van der Waals surface area contributed by atoms with E-state index in [2.05, 4.69) is 33.3 Å². The average Bonchev–Trinajstić information content (AvgIpc) is 3.28. The van der Waals surface area contributed by atoms with Crippen LogP contribution < -0.4 is 21.5 Å². The molecule has 1 aromatic carbocycles. The number of nitrogens with one attached hydrogen (secondary N) is 4. The number of likely N-dealkylation sites (N-methyl/N-ethyl adjacent to an activating group) is 1. The molecule has 4 N–H and O–H groups in total. The Labute approximate surface area is 176 Å². The first-order chi connectivity index (χ1) is 13.1. The smallest absolute Gasteiger partial charge is 0.239 e. The van der Waals surface area contributed by atoms with Crippen molar-refractivity contribution in [2.45, 2.75) is 43.9 Å². The maximum absolute atomic E-state index is 14.0. The van der Waals surface area contributed by atoms with Gasteiger partial charge in [-0.25, -0.2) is 9.82 Å². The molecule has 3 fully saturated rings. The minimum atomic E-state index is -0.417. The second-order valence-electron chi connectivity index (χ2n) is 7.68. The standard InChI is InChI=1S/C19H27ClFN5O.ClH/c1-2-26-8-6-16(18(26)11-3-4-13(20)14(21)9-11)23-19(27)17-12-10-22-7-5-15(12)24-25-17;/h3-4,9,12,15-18,22,24-25H,2,5-8,10H2,1H3,(H,23,27);1H. The number of hydrogen-bond acceptors (Lipinski definition) is 5. The molecule has 1 aromatic rings. The van der Waals surface area contributed by atoms with E-state index >= 15 is 0 Å². The molecule has 0 aliphatic carbocycles. The number of hydrogen-bond donors (Lipinski definition) is 4. The number of rotatable bonds is 4. The summed E-state index contributed by atoms with van der Waals surface area (Å²) in [6.45, 7) is 5.62. The molecular weight excluding hydrogens is 404 g/mol. The molecule has 0 saturated carbocycles. The SMILES string of the molecule is CCN1CCC(NC(=O)C2NNC3CCNCC32)C1c1ccc(Cl)c(F)c1.Cl. The lowest BCUT2D eigenvalue weighted by molar-refractivity contribution is -0.124. The van der Waals surface area contributed by atoms with Gasteiger partial charge in [0.15, 0.2) is 0 Å². The van der Waals surface area contributed by atoms with Gasteiger partial charge in [0.05, 0.1) is 11.1 Å². The van der Waals surface area contributed by atoms with Gasteiger partial charge in [0.25, 0.3) is 0 Å². The summed E-state index contributed by atoms with van der Waals surface area (Å²) in [5.74, 6) is -0.157. The number of piperidine rings is 1. The molecule has 4 rings (SSSR count). The molecule has 1 amide bonds. The number of likely N-dealkylation sites (tertiary alicyclic amines) is 1. The van der Waals surface area contributed by atoms with Crippen molar-refractivity contribution < 1.29 is 9.18 Å². The van der Waals surface area contributed by atoms with Crippen LogP contribution in [0.5, 0.6) is 0 Å². The molecule has 28 heavy (non-hydrogen) atoms. The topological polar surface area (TPSA) is 68.4 Å². The molecule has 3 saturated heterocycles. The van der Waals surface area contributed by atoms with Gasteiger partial charge in [0.1, 0.15) is 11.9 Å². The fourth-order valence-electron chi connectivity index (χ4n) is 4.75. The molecule has 5 unspecified atom stereocenters. The van der Waals surface area contributed by atoms with Crippen molar-refractivity contribution in [2.75, 3.05) is 26.2 Å². The second-order valence-corrected chi connectivity index (χ2v) is 8.09. The normalized spacial score (nSPS) is 32.6. The molecule has 3 aliphatic rings. The monoisotopic (exact) mass is 431 g/mol. The average molecular weight is 432 g/mol. The van der Waals surface area contributed by atoms with E-state index in [0.29, 0.717) is 6.04 Å². The molecule has 5 atom stereocenters. The largest absolute Gasteiger partial charge is 0.350 e. The van der Waals surface area contributed by atoms with Gasteiger partial charge < -0.3 is 10.6 Å². The number of hydrazine groups is 1. The summed E-state index contributed by atoms with van der Waals surface area (Å²) in [5, 5.41) is 6.73. The van der Waals surface area contributed by atoms with Crippen LogP contribution >= 0.6 is 24.0 Å². The van der Waals surface area contributed by atoms with Crippen molar-refractivity contribution in [3.8, 4) is 0 Å². The molecule has 0 bridgehead atoms. The van der Waals surface area contributed by atoms with Gasteiger partial charge in [0, 0.05) is 31.1 Å². The zero-order valence-corrected chi connectivity index (χ0v) is 17.5. The molecule has 0 aromatic heterocycles. The first-order valence-corrected chi connectivity index (χ1v) is 10.2. The molecule has 156 valence electrons. The maximum atomic E-state index is 14.0. The number of halogens is 3. The van der Waals surface area contributed by atoms with Crippen LogP contribution in [-0.2, 0) is 4.79 Å². The number of nitrogens with zero attached hydrogens (tertiary/aromatic N) is 1. The van der Waals surface area contributed by atoms with Gasteiger partial charge >= 0.3 is 0 Å². The number of carbonyl (C=O) groups excluding carboxylic acids is 1. The van der Waals surface area contributed by atoms with Crippen LogP contribution in [0.4, 0.5) is 4.39 Å². The fraction of sp³-hybridized carbons (Fsp3) is 0.632. The Balaban J connectivity index is 0.00000225. The number of amides is 1. The first-order valence-electron chi connectivity index (χ1n) is 9.79. The molecule has 9 heteroatoms. The lowest BCUT2D eigenvalue weighted by Gasteiger charge is -2.31. The Kier molecular flexibility index (Phi) is 7.17.